The Morgan fingerprint density at radius 2 is 2.43 bits per heavy atom. The summed E-state index contributed by atoms with van der Waals surface area (Å²) in [4.78, 5) is 4.12. The Bertz CT molecular complexity index is 260. The zero-order valence-corrected chi connectivity index (χ0v) is 8.69. The second-order valence-electron chi connectivity index (χ2n) is 3.34. The quantitative estimate of drug-likeness (QED) is 0.703. The van der Waals surface area contributed by atoms with Crippen molar-refractivity contribution in [3.05, 3.63) is 17.8 Å². The lowest BCUT2D eigenvalue weighted by atomic mass is 10.1. The number of aliphatic hydroxyl groups is 1. The van der Waals surface area contributed by atoms with E-state index in [0.717, 1.165) is 24.5 Å². The molecule has 1 aromatic heterocycles. The third-order valence-electron chi connectivity index (χ3n) is 2.07. The molecule has 80 valence electrons. The second-order valence-corrected chi connectivity index (χ2v) is 3.34. The molecule has 1 rings (SSSR count). The Hall–Kier alpha value is -0.870. The highest BCUT2D eigenvalue weighted by atomic mass is 16.5. The zero-order chi connectivity index (χ0) is 10.4. The molecule has 1 unspecified atom stereocenters. The normalized spacial score (nSPS) is 13.1. The summed E-state index contributed by atoms with van der Waals surface area (Å²) in [5, 5.41) is 8.90. The van der Waals surface area contributed by atoms with Crippen LogP contribution in [0.4, 0.5) is 0 Å². The Morgan fingerprint density at radius 3 is 3.07 bits per heavy atom. The van der Waals surface area contributed by atoms with Gasteiger partial charge < -0.3 is 14.3 Å². The molecular formula is C10H17NO3. The molecule has 1 aromatic rings. The molecule has 1 atom stereocenters. The van der Waals surface area contributed by atoms with Crippen molar-refractivity contribution in [2.75, 3.05) is 20.3 Å². The van der Waals surface area contributed by atoms with Gasteiger partial charge in [0.1, 0.15) is 5.76 Å². The highest BCUT2D eigenvalue weighted by Crippen LogP contribution is 2.16. The molecule has 4 nitrogen and oxygen atoms in total. The van der Waals surface area contributed by atoms with Crippen molar-refractivity contribution in [1.82, 2.24) is 4.98 Å². The summed E-state index contributed by atoms with van der Waals surface area (Å²) in [6, 6.07) is 0. The molecule has 0 aliphatic carbocycles. The van der Waals surface area contributed by atoms with Crippen molar-refractivity contribution in [3.63, 3.8) is 0 Å². The number of hydrogen-bond acceptors (Lipinski definition) is 4. The number of nitrogens with zero attached hydrogens (tertiary/aromatic N) is 1. The van der Waals surface area contributed by atoms with Gasteiger partial charge in [-0.05, 0) is 6.42 Å². The Morgan fingerprint density at radius 1 is 1.64 bits per heavy atom. The molecule has 1 heterocycles. The van der Waals surface area contributed by atoms with E-state index < -0.39 is 0 Å². The highest BCUT2D eigenvalue weighted by molar-refractivity contribution is 5.00. The number of oxazole rings is 1. The lowest BCUT2D eigenvalue weighted by Crippen LogP contribution is -1.96. The maximum Gasteiger partial charge on any atom is 0.194 e. The van der Waals surface area contributed by atoms with E-state index in [9.17, 15) is 0 Å². The van der Waals surface area contributed by atoms with Gasteiger partial charge in [0.05, 0.1) is 12.8 Å². The smallest absolute Gasteiger partial charge is 0.194 e. The second kappa shape index (κ2) is 5.78. The molecule has 0 aliphatic rings. The van der Waals surface area contributed by atoms with Crippen molar-refractivity contribution in [1.29, 1.82) is 0 Å². The van der Waals surface area contributed by atoms with Gasteiger partial charge in [0.2, 0.25) is 0 Å². The number of hydrogen-bond donors (Lipinski definition) is 1. The molecule has 0 aliphatic heterocycles. The number of methoxy groups -OCH3 is 1. The lowest BCUT2D eigenvalue weighted by molar-refractivity contribution is 0.192. The molecule has 0 spiro atoms. The number of rotatable bonds is 6. The number of aryl methyl sites for hydroxylation is 1. The van der Waals surface area contributed by atoms with E-state index >= 15 is 0 Å². The van der Waals surface area contributed by atoms with Gasteiger partial charge in [-0.25, -0.2) is 4.98 Å². The van der Waals surface area contributed by atoms with Gasteiger partial charge in [-0.3, -0.25) is 0 Å². The Kier molecular flexibility index (Phi) is 4.62. The van der Waals surface area contributed by atoms with Crippen LogP contribution in [-0.2, 0) is 11.2 Å². The monoisotopic (exact) mass is 199 g/mol. The lowest BCUT2D eigenvalue weighted by Gasteiger charge is -2.01. The van der Waals surface area contributed by atoms with Crippen LogP contribution in [0.1, 0.15) is 30.9 Å². The van der Waals surface area contributed by atoms with Gasteiger partial charge in [0.25, 0.3) is 0 Å². The average molecular weight is 199 g/mol. The molecular weight excluding hydrogens is 182 g/mol. The van der Waals surface area contributed by atoms with Crippen molar-refractivity contribution in [2.24, 2.45) is 0 Å². The van der Waals surface area contributed by atoms with Crippen molar-refractivity contribution < 1.29 is 14.3 Å². The standard InChI is InChI=1S/C10H17NO3/c1-8(7-12)9-6-11-10(14-9)4-3-5-13-2/h6,8,12H,3-5,7H2,1-2H3. The summed E-state index contributed by atoms with van der Waals surface area (Å²) in [6.07, 6.45) is 3.37. The maximum atomic E-state index is 8.90. The van der Waals surface area contributed by atoms with Crippen LogP contribution in [0.15, 0.2) is 10.6 Å². The maximum absolute atomic E-state index is 8.90. The van der Waals surface area contributed by atoms with Crippen molar-refractivity contribution in [3.8, 4) is 0 Å². The van der Waals surface area contributed by atoms with Gasteiger partial charge in [-0.15, -0.1) is 0 Å². The molecule has 1 N–H and O–H groups in total. The predicted octanol–water partition coefficient (Wildman–Crippen LogP) is 1.35. The molecule has 14 heavy (non-hydrogen) atoms. The zero-order valence-electron chi connectivity index (χ0n) is 8.69. The number of ether oxygens (including phenoxy) is 1. The third kappa shape index (κ3) is 3.12. The average Bonchev–Trinajstić information content (AvgIpc) is 2.66. The van der Waals surface area contributed by atoms with Gasteiger partial charge in [0, 0.05) is 26.1 Å². The van der Waals surface area contributed by atoms with Crippen LogP contribution >= 0.6 is 0 Å². The van der Waals surface area contributed by atoms with E-state index in [-0.39, 0.29) is 12.5 Å². The first-order valence-corrected chi connectivity index (χ1v) is 4.82. The van der Waals surface area contributed by atoms with Gasteiger partial charge >= 0.3 is 0 Å². The molecule has 0 fully saturated rings. The summed E-state index contributed by atoms with van der Waals surface area (Å²) < 4.78 is 10.4. The van der Waals surface area contributed by atoms with Crippen LogP contribution in [0.25, 0.3) is 0 Å². The minimum Gasteiger partial charge on any atom is -0.445 e. The fourth-order valence-electron chi connectivity index (χ4n) is 1.13. The van der Waals surface area contributed by atoms with E-state index in [1.807, 2.05) is 6.92 Å². The van der Waals surface area contributed by atoms with E-state index in [4.69, 9.17) is 14.3 Å². The van der Waals surface area contributed by atoms with Crippen LogP contribution in [0.5, 0.6) is 0 Å². The highest BCUT2D eigenvalue weighted by Gasteiger charge is 2.10. The van der Waals surface area contributed by atoms with Crippen LogP contribution < -0.4 is 0 Å². The molecule has 0 aromatic carbocycles. The fourth-order valence-corrected chi connectivity index (χ4v) is 1.13. The van der Waals surface area contributed by atoms with Crippen LogP contribution in [0.3, 0.4) is 0 Å². The first kappa shape index (κ1) is 11.2. The summed E-state index contributed by atoms with van der Waals surface area (Å²) >= 11 is 0. The van der Waals surface area contributed by atoms with Gasteiger partial charge in [-0.2, -0.15) is 0 Å². The predicted molar refractivity (Wildman–Crippen MR) is 52.2 cm³/mol. The molecule has 4 heteroatoms. The van der Waals surface area contributed by atoms with E-state index in [0.29, 0.717) is 6.61 Å². The van der Waals surface area contributed by atoms with Crippen molar-refractivity contribution >= 4 is 0 Å². The first-order chi connectivity index (χ1) is 6.77. The summed E-state index contributed by atoms with van der Waals surface area (Å²) in [5.41, 5.74) is 0. The van der Waals surface area contributed by atoms with Gasteiger partial charge in [0.15, 0.2) is 5.89 Å². The summed E-state index contributed by atoms with van der Waals surface area (Å²) in [5.74, 6) is 1.50. The fraction of sp³-hybridized carbons (Fsp3) is 0.700. The Balaban J connectivity index is 2.42. The van der Waals surface area contributed by atoms with E-state index in [1.165, 1.54) is 0 Å². The topological polar surface area (TPSA) is 55.5 Å². The third-order valence-corrected chi connectivity index (χ3v) is 2.07. The van der Waals surface area contributed by atoms with Gasteiger partial charge in [-0.1, -0.05) is 6.92 Å². The van der Waals surface area contributed by atoms with E-state index in [1.54, 1.807) is 13.3 Å². The van der Waals surface area contributed by atoms with E-state index in [2.05, 4.69) is 4.98 Å². The summed E-state index contributed by atoms with van der Waals surface area (Å²) in [7, 11) is 1.68. The number of aromatic nitrogens is 1. The number of aliphatic hydroxyl groups excluding tert-OH is 1. The SMILES string of the molecule is COCCCc1ncc(C(C)CO)o1. The van der Waals surface area contributed by atoms with Crippen LogP contribution in [0, 0.1) is 0 Å². The molecule has 0 amide bonds. The largest absolute Gasteiger partial charge is 0.445 e. The minimum atomic E-state index is 0.0266. The molecule has 0 radical (unpaired) electrons. The minimum absolute atomic E-state index is 0.0266. The molecule has 0 bridgehead atoms. The van der Waals surface area contributed by atoms with Crippen LogP contribution in [0.2, 0.25) is 0 Å². The first-order valence-electron chi connectivity index (χ1n) is 4.82. The molecule has 0 saturated heterocycles. The van der Waals surface area contributed by atoms with Crippen molar-refractivity contribution in [2.45, 2.75) is 25.7 Å². The molecule has 0 saturated carbocycles. The van der Waals surface area contributed by atoms with Crippen LogP contribution in [-0.4, -0.2) is 30.4 Å². The Labute approximate surface area is 83.9 Å². The summed E-state index contributed by atoms with van der Waals surface area (Å²) in [6.45, 7) is 2.71.